The van der Waals surface area contributed by atoms with Crippen molar-refractivity contribution >= 4 is 29.0 Å². The van der Waals surface area contributed by atoms with Gasteiger partial charge in [0, 0.05) is 11.8 Å². The number of carbonyl (C=O) groups is 1. The Labute approximate surface area is 198 Å². The zero-order chi connectivity index (χ0) is 23.8. The van der Waals surface area contributed by atoms with Crippen molar-refractivity contribution in [2.45, 2.75) is 19.9 Å². The van der Waals surface area contributed by atoms with E-state index in [9.17, 15) is 14.0 Å². The van der Waals surface area contributed by atoms with Gasteiger partial charge in [-0.15, -0.1) is 0 Å². The van der Waals surface area contributed by atoms with Gasteiger partial charge < -0.3 is 9.73 Å². The van der Waals surface area contributed by atoms with Crippen LogP contribution in [0.25, 0.3) is 6.08 Å². The van der Waals surface area contributed by atoms with E-state index in [1.165, 1.54) is 28.0 Å². The van der Waals surface area contributed by atoms with Crippen molar-refractivity contribution in [3.8, 4) is 0 Å². The Morgan fingerprint density at radius 1 is 1.09 bits per heavy atom. The molecular weight excluding hydrogens is 453 g/mol. The van der Waals surface area contributed by atoms with Gasteiger partial charge in [-0.2, -0.15) is 0 Å². The molecule has 34 heavy (non-hydrogen) atoms. The van der Waals surface area contributed by atoms with E-state index in [4.69, 9.17) is 4.42 Å². The van der Waals surface area contributed by atoms with E-state index >= 15 is 0 Å². The second-order valence-corrected chi connectivity index (χ2v) is 8.91. The first kappa shape index (κ1) is 21.8. The van der Waals surface area contributed by atoms with E-state index in [1.807, 2.05) is 31.2 Å². The Morgan fingerprint density at radius 3 is 2.50 bits per heavy atom. The number of amides is 1. The normalized spacial score (nSPS) is 15.7. The molecule has 0 unspecified atom stereocenters. The van der Waals surface area contributed by atoms with Gasteiger partial charge in [-0.05, 0) is 55.8 Å². The van der Waals surface area contributed by atoms with Gasteiger partial charge in [0.15, 0.2) is 4.80 Å². The summed E-state index contributed by atoms with van der Waals surface area (Å²) in [5.41, 5.74) is 1.74. The standard InChI is InChI=1S/C26H20FN3O3S/c1-15-8-13-20(33-15)14-21-25(32)30-23(17-9-11-18(27)12-10-17)22(16(2)28-26(30)34-21)24(31)29-19-6-4-3-5-7-19/h3-14,23H,1-2H3,(H,29,31)/b21-14+/t23-/m1/s1. The van der Waals surface area contributed by atoms with Gasteiger partial charge in [0.25, 0.3) is 11.5 Å². The second-order valence-electron chi connectivity index (χ2n) is 7.90. The molecule has 2 aromatic heterocycles. The quantitative estimate of drug-likeness (QED) is 0.488. The van der Waals surface area contributed by atoms with Crippen LogP contribution in [-0.4, -0.2) is 10.5 Å². The Kier molecular flexibility index (Phi) is 5.59. The molecule has 0 radical (unpaired) electrons. The van der Waals surface area contributed by atoms with Crippen LogP contribution in [0.1, 0.15) is 30.0 Å². The van der Waals surface area contributed by atoms with Gasteiger partial charge in [0.05, 0.1) is 21.8 Å². The van der Waals surface area contributed by atoms with E-state index in [2.05, 4.69) is 10.3 Å². The third-order valence-electron chi connectivity index (χ3n) is 5.52. The molecule has 2 aromatic carbocycles. The Morgan fingerprint density at radius 2 is 1.82 bits per heavy atom. The molecule has 170 valence electrons. The first-order chi connectivity index (χ1) is 16.4. The van der Waals surface area contributed by atoms with E-state index in [0.29, 0.717) is 37.6 Å². The Bertz CT molecular complexity index is 1600. The summed E-state index contributed by atoms with van der Waals surface area (Å²) in [4.78, 5) is 32.0. The zero-order valence-corrected chi connectivity index (χ0v) is 19.2. The molecule has 1 aliphatic heterocycles. The van der Waals surface area contributed by atoms with Crippen molar-refractivity contribution in [2.24, 2.45) is 4.99 Å². The van der Waals surface area contributed by atoms with Crippen molar-refractivity contribution in [3.05, 3.63) is 121 Å². The first-order valence-corrected chi connectivity index (χ1v) is 11.4. The molecule has 1 aliphatic rings. The molecule has 8 heteroatoms. The highest BCUT2D eigenvalue weighted by atomic mass is 32.1. The predicted octanol–water partition coefficient (Wildman–Crippen LogP) is 3.91. The van der Waals surface area contributed by atoms with E-state index < -0.39 is 11.9 Å². The number of halogens is 1. The fourth-order valence-electron chi connectivity index (χ4n) is 3.95. The summed E-state index contributed by atoms with van der Waals surface area (Å²) in [5.74, 6) is 0.510. The highest BCUT2D eigenvalue weighted by Gasteiger charge is 2.32. The minimum Gasteiger partial charge on any atom is -0.462 e. The van der Waals surface area contributed by atoms with Crippen molar-refractivity contribution in [2.75, 3.05) is 5.32 Å². The third kappa shape index (κ3) is 4.04. The van der Waals surface area contributed by atoms with Gasteiger partial charge in [-0.25, -0.2) is 9.38 Å². The number of aryl methyl sites for hydroxylation is 1. The number of fused-ring (bicyclic) bond motifs is 1. The van der Waals surface area contributed by atoms with E-state index in [-0.39, 0.29) is 11.5 Å². The molecular formula is C26H20FN3O3S. The second kappa shape index (κ2) is 8.72. The van der Waals surface area contributed by atoms with Crippen LogP contribution in [0.2, 0.25) is 0 Å². The molecule has 1 N–H and O–H groups in total. The Balaban J connectivity index is 1.68. The summed E-state index contributed by atoms with van der Waals surface area (Å²) in [7, 11) is 0. The molecule has 1 atom stereocenters. The minimum atomic E-state index is -0.763. The van der Waals surface area contributed by atoms with Crippen molar-refractivity contribution in [1.29, 1.82) is 0 Å². The molecule has 0 fully saturated rings. The molecule has 1 amide bonds. The SMILES string of the molecule is CC1=C(C(=O)Nc2ccccc2)[C@@H](c2ccc(F)cc2)n2c(s/c(=C/c3ccc(C)o3)c2=O)=N1. The number of benzene rings is 2. The van der Waals surface area contributed by atoms with Crippen LogP contribution in [0.5, 0.6) is 0 Å². The molecule has 4 aromatic rings. The molecule has 0 aliphatic carbocycles. The number of allylic oxidation sites excluding steroid dienone is 1. The zero-order valence-electron chi connectivity index (χ0n) is 18.4. The number of thiazole rings is 1. The highest BCUT2D eigenvalue weighted by Crippen LogP contribution is 2.30. The largest absolute Gasteiger partial charge is 0.462 e. The highest BCUT2D eigenvalue weighted by molar-refractivity contribution is 7.07. The minimum absolute atomic E-state index is 0.301. The van der Waals surface area contributed by atoms with Gasteiger partial charge in [0.2, 0.25) is 0 Å². The van der Waals surface area contributed by atoms with Gasteiger partial charge >= 0.3 is 0 Å². The maximum Gasteiger partial charge on any atom is 0.271 e. The van der Waals surface area contributed by atoms with Crippen molar-refractivity contribution < 1.29 is 13.6 Å². The maximum absolute atomic E-state index is 13.7. The molecule has 0 saturated heterocycles. The summed E-state index contributed by atoms with van der Waals surface area (Å²) in [5, 5.41) is 2.89. The fourth-order valence-corrected chi connectivity index (χ4v) is 4.98. The topological polar surface area (TPSA) is 76.6 Å². The summed E-state index contributed by atoms with van der Waals surface area (Å²) in [6.07, 6.45) is 1.67. The molecule has 6 nitrogen and oxygen atoms in total. The van der Waals surface area contributed by atoms with Gasteiger partial charge in [-0.1, -0.05) is 41.7 Å². The van der Waals surface area contributed by atoms with Crippen molar-refractivity contribution in [3.63, 3.8) is 0 Å². The van der Waals surface area contributed by atoms with Crippen molar-refractivity contribution in [1.82, 2.24) is 4.57 Å². The number of hydrogen-bond donors (Lipinski definition) is 1. The van der Waals surface area contributed by atoms with Crippen LogP contribution < -0.4 is 20.2 Å². The number of hydrogen-bond acceptors (Lipinski definition) is 5. The Hall–Kier alpha value is -4.04. The monoisotopic (exact) mass is 473 g/mol. The van der Waals surface area contributed by atoms with E-state index in [0.717, 1.165) is 5.76 Å². The van der Waals surface area contributed by atoms with Crippen LogP contribution in [0, 0.1) is 12.7 Å². The molecule has 0 bridgehead atoms. The number of nitrogens with one attached hydrogen (secondary N) is 1. The number of para-hydroxylation sites is 1. The fraction of sp³-hybridized carbons (Fsp3) is 0.115. The van der Waals surface area contributed by atoms with Crippen LogP contribution >= 0.6 is 11.3 Å². The summed E-state index contributed by atoms with van der Waals surface area (Å²) < 4.78 is 21.2. The number of carbonyl (C=O) groups excluding carboxylic acids is 1. The van der Waals surface area contributed by atoms with Gasteiger partial charge in [0.1, 0.15) is 17.3 Å². The lowest BCUT2D eigenvalue weighted by Crippen LogP contribution is -2.40. The smallest absolute Gasteiger partial charge is 0.271 e. The van der Waals surface area contributed by atoms with E-state index in [1.54, 1.807) is 43.3 Å². The summed E-state index contributed by atoms with van der Waals surface area (Å²) >= 11 is 1.22. The third-order valence-corrected chi connectivity index (χ3v) is 6.50. The molecule has 3 heterocycles. The number of aromatic nitrogens is 1. The lowest BCUT2D eigenvalue weighted by atomic mass is 9.95. The average molecular weight is 474 g/mol. The molecule has 0 saturated carbocycles. The van der Waals surface area contributed by atoms with Crippen LogP contribution in [-0.2, 0) is 4.79 Å². The van der Waals surface area contributed by atoms with Crippen LogP contribution in [0.4, 0.5) is 10.1 Å². The summed E-state index contributed by atoms with van der Waals surface area (Å²) in [6.45, 7) is 3.57. The van der Waals surface area contributed by atoms with Crippen LogP contribution in [0.15, 0.2) is 92.2 Å². The first-order valence-electron chi connectivity index (χ1n) is 10.6. The maximum atomic E-state index is 13.7. The molecule has 5 rings (SSSR count). The average Bonchev–Trinajstić information content (AvgIpc) is 3.36. The molecule has 0 spiro atoms. The van der Waals surface area contributed by atoms with Crippen LogP contribution in [0.3, 0.4) is 0 Å². The lowest BCUT2D eigenvalue weighted by molar-refractivity contribution is -0.113. The predicted molar refractivity (Wildman–Crippen MR) is 129 cm³/mol. The summed E-state index contributed by atoms with van der Waals surface area (Å²) in [6, 6.07) is 17.7. The van der Waals surface area contributed by atoms with Gasteiger partial charge in [-0.3, -0.25) is 14.2 Å². The number of nitrogens with zero attached hydrogens (tertiary/aromatic N) is 2. The number of rotatable bonds is 4. The number of furan rings is 1. The lowest BCUT2D eigenvalue weighted by Gasteiger charge is -2.25. The number of anilines is 1.